The van der Waals surface area contributed by atoms with Crippen molar-refractivity contribution in [2.75, 3.05) is 18.0 Å². The lowest BCUT2D eigenvalue weighted by Crippen LogP contribution is -2.39. The highest BCUT2D eigenvalue weighted by atomic mass is 32.2. The minimum absolute atomic E-state index is 0. The lowest BCUT2D eigenvalue weighted by molar-refractivity contribution is -0.137. The highest BCUT2D eigenvalue weighted by Gasteiger charge is 2.40. The molecule has 1 N–H and O–H groups in total. The maximum absolute atomic E-state index is 13.9. The van der Waals surface area contributed by atoms with E-state index in [1.165, 1.54) is 0 Å². The molecule has 0 aliphatic carbocycles. The number of pyridine rings is 1. The predicted octanol–water partition coefficient (Wildman–Crippen LogP) is 4.88. The molecule has 2 atom stereocenters. The molecule has 0 amide bonds. The molecule has 0 spiro atoms. The summed E-state index contributed by atoms with van der Waals surface area (Å²) in [5.41, 5.74) is 6.09. The van der Waals surface area contributed by atoms with Crippen LogP contribution >= 0.6 is 0 Å². The summed E-state index contributed by atoms with van der Waals surface area (Å²) in [6.45, 7) is 7.98. The molecule has 2 aliphatic heterocycles. The van der Waals surface area contributed by atoms with Gasteiger partial charge in [0.15, 0.2) is 0 Å². The second-order valence-corrected chi connectivity index (χ2v) is 12.9. The zero-order valence-corrected chi connectivity index (χ0v) is 24.3. The Labute approximate surface area is 247 Å². The Hall–Kier alpha value is -3.83. The van der Waals surface area contributed by atoms with Crippen molar-refractivity contribution in [3.8, 4) is 0 Å². The van der Waals surface area contributed by atoms with Gasteiger partial charge in [-0.1, -0.05) is 36.9 Å². The topological polar surface area (TPSA) is 122 Å². The molecule has 6 rings (SSSR count). The summed E-state index contributed by atoms with van der Waals surface area (Å²) in [6.07, 6.45) is 3.45. The Morgan fingerprint density at radius 2 is 1.98 bits per heavy atom. The van der Waals surface area contributed by atoms with Crippen LogP contribution in [0.15, 0.2) is 53.6 Å². The Kier molecular flexibility index (Phi) is 8.08. The Balaban J connectivity index is 0.00000353. The van der Waals surface area contributed by atoms with Gasteiger partial charge in [0.25, 0.3) is 0 Å². The molecule has 0 saturated carbocycles. The van der Waals surface area contributed by atoms with Crippen molar-refractivity contribution in [2.24, 2.45) is 0 Å². The van der Waals surface area contributed by atoms with Crippen LogP contribution in [-0.4, -0.2) is 62.9 Å². The van der Waals surface area contributed by atoms with E-state index in [1.54, 1.807) is 22.6 Å². The first-order valence-electron chi connectivity index (χ1n) is 14.0. The van der Waals surface area contributed by atoms with Crippen molar-refractivity contribution in [3.63, 3.8) is 0 Å². The number of hydrogen-bond acceptors (Lipinski definition) is 7. The fourth-order valence-electron chi connectivity index (χ4n) is 6.37. The third-order valence-electron chi connectivity index (χ3n) is 8.59. The van der Waals surface area contributed by atoms with Gasteiger partial charge in [0, 0.05) is 44.3 Å². The number of rotatable bonds is 7. The quantitative estimate of drug-likeness (QED) is 0.323. The van der Waals surface area contributed by atoms with Gasteiger partial charge in [-0.2, -0.15) is 4.31 Å². The van der Waals surface area contributed by atoms with E-state index in [4.69, 9.17) is 0 Å². The summed E-state index contributed by atoms with van der Waals surface area (Å²) in [5.74, 6) is -0.802. The third-order valence-corrected chi connectivity index (χ3v) is 10.4. The van der Waals surface area contributed by atoms with Crippen LogP contribution in [0.3, 0.4) is 0 Å². The summed E-state index contributed by atoms with van der Waals surface area (Å²) < 4.78 is 31.2. The minimum atomic E-state index is -3.79. The highest BCUT2D eigenvalue weighted by Crippen LogP contribution is 2.38. The van der Waals surface area contributed by atoms with Crippen LogP contribution in [0.4, 0.5) is 5.82 Å². The molecule has 1 fully saturated rings. The van der Waals surface area contributed by atoms with E-state index in [2.05, 4.69) is 20.2 Å². The molecule has 2 aromatic carbocycles. The number of aliphatic carboxylic acids is 1. The van der Waals surface area contributed by atoms with E-state index >= 15 is 0 Å². The number of nitrogens with zero attached hydrogens (tertiary/aromatic N) is 6. The third kappa shape index (κ3) is 5.05. The first-order valence-corrected chi connectivity index (χ1v) is 15.5. The predicted molar refractivity (Wildman–Crippen MR) is 162 cm³/mol. The fourth-order valence-corrected chi connectivity index (χ4v) is 7.98. The van der Waals surface area contributed by atoms with Crippen LogP contribution in [0.1, 0.15) is 67.3 Å². The van der Waals surface area contributed by atoms with E-state index in [0.717, 1.165) is 58.2 Å². The summed E-state index contributed by atoms with van der Waals surface area (Å²) in [6, 6.07) is 13.2. The van der Waals surface area contributed by atoms with E-state index < -0.39 is 21.9 Å². The smallest absolute Gasteiger partial charge is 0.304 e. The molecular weight excluding hydrogens is 552 g/mol. The van der Waals surface area contributed by atoms with E-state index in [-0.39, 0.29) is 31.3 Å². The van der Waals surface area contributed by atoms with Gasteiger partial charge in [0.2, 0.25) is 10.0 Å². The molecule has 0 bridgehead atoms. The van der Waals surface area contributed by atoms with Gasteiger partial charge < -0.3 is 10.0 Å². The van der Waals surface area contributed by atoms with Gasteiger partial charge in [-0.05, 0) is 79.6 Å². The van der Waals surface area contributed by atoms with Crippen LogP contribution in [0.2, 0.25) is 0 Å². The summed E-state index contributed by atoms with van der Waals surface area (Å²) >= 11 is 0. The molecule has 11 heteroatoms. The van der Waals surface area contributed by atoms with Gasteiger partial charge >= 0.3 is 5.97 Å². The molecule has 4 aromatic rings. The van der Waals surface area contributed by atoms with Crippen molar-refractivity contribution in [2.45, 2.75) is 77.4 Å². The van der Waals surface area contributed by atoms with Crippen LogP contribution in [-0.2, 0) is 27.9 Å². The second-order valence-electron chi connectivity index (χ2n) is 11.0. The van der Waals surface area contributed by atoms with Crippen LogP contribution in [0, 0.1) is 13.8 Å². The number of aryl methyl sites for hydroxylation is 3. The fraction of sp³-hybridized carbons (Fsp3) is 0.419. The highest BCUT2D eigenvalue weighted by molar-refractivity contribution is 7.89. The Bertz CT molecular complexity index is 1750. The van der Waals surface area contributed by atoms with Crippen LogP contribution in [0.25, 0.3) is 11.0 Å². The van der Waals surface area contributed by atoms with Gasteiger partial charge in [0.05, 0.1) is 11.9 Å². The van der Waals surface area contributed by atoms with Crippen molar-refractivity contribution < 1.29 is 18.3 Å². The van der Waals surface area contributed by atoms with Crippen LogP contribution in [0.5, 0.6) is 0 Å². The van der Waals surface area contributed by atoms with Gasteiger partial charge in [0.1, 0.15) is 16.2 Å². The average molecular weight is 591 g/mol. The number of aromatic nitrogens is 4. The van der Waals surface area contributed by atoms with E-state index in [1.807, 2.05) is 55.8 Å². The molecule has 4 heterocycles. The normalized spacial score (nSPS) is 18.6. The van der Waals surface area contributed by atoms with Gasteiger partial charge in [-0.25, -0.2) is 18.1 Å². The maximum atomic E-state index is 13.9. The molecular formula is C31H38N6O4S. The number of fused-ring (bicyclic) bond motifs is 4. The lowest BCUT2D eigenvalue weighted by Gasteiger charge is -2.26. The zero-order valence-electron chi connectivity index (χ0n) is 23.5. The van der Waals surface area contributed by atoms with Crippen molar-refractivity contribution in [3.05, 3.63) is 76.5 Å². The maximum Gasteiger partial charge on any atom is 0.304 e. The van der Waals surface area contributed by atoms with E-state index in [9.17, 15) is 18.3 Å². The summed E-state index contributed by atoms with van der Waals surface area (Å²) in [4.78, 5) is 18.9. The number of carboxylic acid groups (broad SMARTS) is 1. The van der Waals surface area contributed by atoms with Crippen molar-refractivity contribution >= 4 is 32.8 Å². The standard InChI is InChI=1S/C30H34N6O4S.CH4/c1-4-36-26-12-11-24(20(3)29(26)32-33-36)25(16-28(37)38)21-10-9-19(2)22(15-21)17-34-18-23-7-6-14-35(23)30-27(41(34,39)40)8-5-13-31-30;/h5,8-13,15,23,25H,4,6-7,14,16-18H2,1-3H3,(H,37,38);1H4/t23-,25?;/m0./s1. The number of anilines is 1. The molecule has 10 nitrogen and oxygen atoms in total. The molecule has 42 heavy (non-hydrogen) atoms. The van der Waals surface area contributed by atoms with Gasteiger partial charge in [-0.3, -0.25) is 4.79 Å². The monoisotopic (exact) mass is 590 g/mol. The van der Waals surface area contributed by atoms with Crippen molar-refractivity contribution in [1.82, 2.24) is 24.3 Å². The number of carbonyl (C=O) groups is 1. The number of hydrogen-bond donors (Lipinski definition) is 1. The molecule has 0 radical (unpaired) electrons. The van der Waals surface area contributed by atoms with E-state index in [0.29, 0.717) is 18.9 Å². The first kappa shape index (κ1) is 29.7. The van der Waals surface area contributed by atoms with Gasteiger partial charge in [-0.15, -0.1) is 5.10 Å². The average Bonchev–Trinajstić information content (AvgIpc) is 3.58. The molecule has 2 aliphatic rings. The van der Waals surface area contributed by atoms with Crippen molar-refractivity contribution in [1.29, 1.82) is 0 Å². The second kappa shape index (κ2) is 11.4. The van der Waals surface area contributed by atoms with Crippen LogP contribution < -0.4 is 4.90 Å². The zero-order chi connectivity index (χ0) is 28.9. The Morgan fingerprint density at radius 3 is 2.74 bits per heavy atom. The Morgan fingerprint density at radius 1 is 1.17 bits per heavy atom. The molecule has 222 valence electrons. The lowest BCUT2D eigenvalue weighted by atomic mass is 9.84. The number of benzene rings is 2. The molecule has 2 aromatic heterocycles. The molecule has 1 unspecified atom stereocenters. The summed E-state index contributed by atoms with van der Waals surface area (Å²) in [5, 5.41) is 18.5. The SMILES string of the molecule is C.CCn1nnc2c(C)c(C(CC(=O)O)c3ccc(C)c(CN4C[C@@H]5CCCN5c5ncccc5S4(=O)=O)c3)ccc21. The number of carboxylic acids is 1. The largest absolute Gasteiger partial charge is 0.481 e. The summed E-state index contributed by atoms with van der Waals surface area (Å²) in [7, 11) is -3.79. The number of sulfonamides is 1. The molecule has 1 saturated heterocycles. The first-order chi connectivity index (χ1) is 19.7. The minimum Gasteiger partial charge on any atom is -0.481 e.